The molecule has 0 amide bonds. The lowest BCUT2D eigenvalue weighted by Gasteiger charge is -2.35. The van der Waals surface area contributed by atoms with E-state index in [1.54, 1.807) is 7.11 Å². The molecule has 0 spiro atoms. The zero-order chi connectivity index (χ0) is 13.0. The minimum Gasteiger partial charge on any atom is -0.479 e. The minimum atomic E-state index is 0.517. The van der Waals surface area contributed by atoms with Gasteiger partial charge in [0.05, 0.1) is 12.8 Å². The van der Waals surface area contributed by atoms with Crippen molar-refractivity contribution in [2.75, 3.05) is 50.5 Å². The van der Waals surface area contributed by atoms with Crippen LogP contribution in [0.2, 0.25) is 0 Å². The van der Waals surface area contributed by atoms with Crippen LogP contribution < -0.4 is 15.4 Å². The lowest BCUT2D eigenvalue weighted by molar-refractivity contribution is 0.257. The van der Waals surface area contributed by atoms with Gasteiger partial charge >= 0.3 is 0 Å². The van der Waals surface area contributed by atoms with Gasteiger partial charge in [-0.3, -0.25) is 4.90 Å². The summed E-state index contributed by atoms with van der Waals surface area (Å²) < 4.78 is 5.16. The van der Waals surface area contributed by atoms with Gasteiger partial charge in [-0.15, -0.1) is 0 Å². The highest BCUT2D eigenvalue weighted by molar-refractivity contribution is 5.54. The van der Waals surface area contributed by atoms with Crippen molar-refractivity contribution in [3.63, 3.8) is 0 Å². The lowest BCUT2D eigenvalue weighted by Crippen LogP contribution is -2.46. The van der Waals surface area contributed by atoms with E-state index in [1.165, 1.54) is 13.0 Å². The van der Waals surface area contributed by atoms with E-state index >= 15 is 0 Å². The average molecular weight is 250 g/mol. The number of nitrogens with two attached hydrogens (primary N) is 1. The first-order valence-electron chi connectivity index (χ1n) is 6.52. The standard InChI is InChI=1S/C13H22N4O/c1-3-6-16-7-9-17(10-8-16)12-5-4-11(14)13(15-12)18-2/h4-5H,3,6-10,14H2,1-2H3. The van der Waals surface area contributed by atoms with Crippen molar-refractivity contribution in [3.8, 4) is 5.88 Å². The predicted molar refractivity (Wildman–Crippen MR) is 74.1 cm³/mol. The Kier molecular flexibility index (Phi) is 4.25. The van der Waals surface area contributed by atoms with Crippen molar-refractivity contribution in [1.29, 1.82) is 0 Å². The van der Waals surface area contributed by atoms with Gasteiger partial charge in [0.2, 0.25) is 5.88 Å². The molecule has 100 valence electrons. The van der Waals surface area contributed by atoms with Crippen LogP contribution in [0, 0.1) is 0 Å². The molecule has 1 aliphatic rings. The fourth-order valence-electron chi connectivity index (χ4n) is 2.30. The third kappa shape index (κ3) is 2.85. The van der Waals surface area contributed by atoms with E-state index in [9.17, 15) is 0 Å². The topological polar surface area (TPSA) is 54.6 Å². The molecule has 0 aromatic carbocycles. The summed E-state index contributed by atoms with van der Waals surface area (Å²) in [5, 5.41) is 0. The van der Waals surface area contributed by atoms with Gasteiger partial charge in [0.25, 0.3) is 0 Å². The Morgan fingerprint density at radius 2 is 2.00 bits per heavy atom. The molecule has 0 bridgehead atoms. The Hall–Kier alpha value is -1.49. The van der Waals surface area contributed by atoms with Crippen molar-refractivity contribution < 1.29 is 4.74 Å². The van der Waals surface area contributed by atoms with E-state index < -0.39 is 0 Å². The number of nitrogen functional groups attached to an aromatic ring is 1. The van der Waals surface area contributed by atoms with E-state index in [0.717, 1.165) is 32.0 Å². The first-order chi connectivity index (χ1) is 8.74. The van der Waals surface area contributed by atoms with Crippen LogP contribution in [0.15, 0.2) is 12.1 Å². The van der Waals surface area contributed by atoms with Gasteiger partial charge in [-0.2, -0.15) is 4.98 Å². The van der Waals surface area contributed by atoms with Crippen LogP contribution in [0.5, 0.6) is 5.88 Å². The van der Waals surface area contributed by atoms with Gasteiger partial charge in [-0.1, -0.05) is 6.92 Å². The molecule has 1 fully saturated rings. The second-order valence-electron chi connectivity index (χ2n) is 4.60. The number of hydrogen-bond acceptors (Lipinski definition) is 5. The molecule has 5 nitrogen and oxygen atoms in total. The molecule has 2 rings (SSSR count). The second kappa shape index (κ2) is 5.91. The first-order valence-corrected chi connectivity index (χ1v) is 6.52. The van der Waals surface area contributed by atoms with Gasteiger partial charge < -0.3 is 15.4 Å². The highest BCUT2D eigenvalue weighted by Crippen LogP contribution is 2.23. The van der Waals surface area contributed by atoms with E-state index in [1.807, 2.05) is 12.1 Å². The molecule has 0 atom stereocenters. The quantitative estimate of drug-likeness (QED) is 0.870. The molecule has 1 saturated heterocycles. The molecule has 0 saturated carbocycles. The number of hydrogen-bond donors (Lipinski definition) is 1. The van der Waals surface area contributed by atoms with Gasteiger partial charge in [0, 0.05) is 26.2 Å². The summed E-state index contributed by atoms with van der Waals surface area (Å²) in [5.41, 5.74) is 6.37. The van der Waals surface area contributed by atoms with Crippen LogP contribution >= 0.6 is 0 Å². The maximum Gasteiger partial charge on any atom is 0.238 e. The molecular weight excluding hydrogens is 228 g/mol. The molecule has 1 aromatic heterocycles. The Balaban J connectivity index is 2.01. The third-order valence-electron chi connectivity index (χ3n) is 3.30. The number of pyridine rings is 1. The fraction of sp³-hybridized carbons (Fsp3) is 0.615. The number of ether oxygens (including phenoxy) is 1. The smallest absolute Gasteiger partial charge is 0.238 e. The highest BCUT2D eigenvalue weighted by atomic mass is 16.5. The molecule has 5 heteroatoms. The summed E-state index contributed by atoms with van der Waals surface area (Å²) in [7, 11) is 1.60. The van der Waals surface area contributed by atoms with E-state index in [2.05, 4.69) is 21.7 Å². The number of aromatic nitrogens is 1. The Bertz CT molecular complexity index is 389. The molecule has 0 aliphatic carbocycles. The van der Waals surface area contributed by atoms with Crippen molar-refractivity contribution in [2.24, 2.45) is 0 Å². The Labute approximate surface area is 109 Å². The number of anilines is 2. The van der Waals surface area contributed by atoms with Crippen molar-refractivity contribution in [1.82, 2.24) is 9.88 Å². The number of methoxy groups -OCH3 is 1. The van der Waals surface area contributed by atoms with E-state index in [-0.39, 0.29) is 0 Å². The monoisotopic (exact) mass is 250 g/mol. The summed E-state index contributed by atoms with van der Waals surface area (Å²) in [6.45, 7) is 7.63. The van der Waals surface area contributed by atoms with Gasteiger partial charge in [-0.25, -0.2) is 0 Å². The molecule has 1 aliphatic heterocycles. The molecule has 18 heavy (non-hydrogen) atoms. The van der Waals surface area contributed by atoms with Crippen molar-refractivity contribution >= 4 is 11.5 Å². The Morgan fingerprint density at radius 3 is 2.61 bits per heavy atom. The fourth-order valence-corrected chi connectivity index (χ4v) is 2.30. The number of rotatable bonds is 4. The summed E-state index contributed by atoms with van der Waals surface area (Å²) >= 11 is 0. The lowest BCUT2D eigenvalue weighted by atomic mass is 10.3. The summed E-state index contributed by atoms with van der Waals surface area (Å²) in [5.74, 6) is 1.47. The summed E-state index contributed by atoms with van der Waals surface area (Å²) in [6.07, 6.45) is 1.22. The van der Waals surface area contributed by atoms with Gasteiger partial charge in [0.15, 0.2) is 0 Å². The predicted octanol–water partition coefficient (Wildman–Crippen LogP) is 1.20. The van der Waals surface area contributed by atoms with Gasteiger partial charge in [0.1, 0.15) is 5.82 Å². The van der Waals surface area contributed by atoms with Crippen LogP contribution in [0.25, 0.3) is 0 Å². The van der Waals surface area contributed by atoms with E-state index in [0.29, 0.717) is 11.6 Å². The van der Waals surface area contributed by atoms with Crippen molar-refractivity contribution in [3.05, 3.63) is 12.1 Å². The number of nitrogens with zero attached hydrogens (tertiary/aromatic N) is 3. The minimum absolute atomic E-state index is 0.517. The Morgan fingerprint density at radius 1 is 1.28 bits per heavy atom. The van der Waals surface area contributed by atoms with Crippen LogP contribution in [0.3, 0.4) is 0 Å². The first kappa shape index (κ1) is 13.0. The molecule has 2 N–H and O–H groups in total. The normalized spacial score (nSPS) is 16.9. The van der Waals surface area contributed by atoms with Crippen LogP contribution in [0.4, 0.5) is 11.5 Å². The van der Waals surface area contributed by atoms with Crippen LogP contribution in [0.1, 0.15) is 13.3 Å². The highest BCUT2D eigenvalue weighted by Gasteiger charge is 2.18. The molecule has 0 radical (unpaired) electrons. The number of piperazine rings is 1. The zero-order valence-electron chi connectivity index (χ0n) is 11.2. The van der Waals surface area contributed by atoms with Crippen LogP contribution in [-0.4, -0.2) is 49.7 Å². The largest absolute Gasteiger partial charge is 0.479 e. The average Bonchev–Trinajstić information content (AvgIpc) is 2.41. The second-order valence-corrected chi connectivity index (χ2v) is 4.60. The van der Waals surface area contributed by atoms with Crippen molar-refractivity contribution in [2.45, 2.75) is 13.3 Å². The maximum absolute atomic E-state index is 5.78. The summed E-state index contributed by atoms with van der Waals surface area (Å²) in [4.78, 5) is 9.22. The maximum atomic E-state index is 5.78. The third-order valence-corrected chi connectivity index (χ3v) is 3.30. The SMILES string of the molecule is CCCN1CCN(c2ccc(N)c(OC)n2)CC1. The van der Waals surface area contributed by atoms with E-state index in [4.69, 9.17) is 10.5 Å². The summed E-state index contributed by atoms with van der Waals surface area (Å²) in [6, 6.07) is 3.83. The molecule has 2 heterocycles. The molecular formula is C13H22N4O. The van der Waals surface area contributed by atoms with Gasteiger partial charge in [-0.05, 0) is 25.1 Å². The molecule has 1 aromatic rings. The molecule has 0 unspecified atom stereocenters. The zero-order valence-corrected chi connectivity index (χ0v) is 11.2. The van der Waals surface area contributed by atoms with Crippen LogP contribution in [-0.2, 0) is 0 Å².